The largest absolute Gasteiger partial charge is 0.495 e. The number of amides is 1. The number of hydrazine groups is 1. The van der Waals surface area contributed by atoms with Crippen molar-refractivity contribution in [3.8, 4) is 29.4 Å². The number of anilines is 1. The van der Waals surface area contributed by atoms with Gasteiger partial charge in [0.2, 0.25) is 0 Å². The zero-order valence-corrected chi connectivity index (χ0v) is 33.7. The van der Waals surface area contributed by atoms with Gasteiger partial charge in [-0.2, -0.15) is 10.2 Å². The molecular weight excluding hydrogens is 739 g/mol. The smallest absolute Gasteiger partial charge is 0.312 e. The molecule has 1 aromatic heterocycles. The van der Waals surface area contributed by atoms with Gasteiger partial charge in [-0.3, -0.25) is 9.79 Å². The van der Waals surface area contributed by atoms with Gasteiger partial charge in [-0.1, -0.05) is 37.8 Å². The molecule has 6 unspecified atom stereocenters. The molecule has 0 radical (unpaired) electrons. The second kappa shape index (κ2) is 16.7. The van der Waals surface area contributed by atoms with Crippen molar-refractivity contribution >= 4 is 29.2 Å². The molecule has 3 aromatic rings. The van der Waals surface area contributed by atoms with Crippen LogP contribution in [0.25, 0.3) is 0 Å². The van der Waals surface area contributed by atoms with E-state index in [-0.39, 0.29) is 47.6 Å². The number of methoxy groups -OCH3 is 1. The Morgan fingerprint density at radius 1 is 1.00 bits per heavy atom. The number of nitrogens with zero attached hydrogens (tertiary/aromatic N) is 7. The molecule has 2 N–H and O–H groups in total. The number of hydrogen-bond acceptors (Lipinski definition) is 11. The van der Waals surface area contributed by atoms with Gasteiger partial charge in [0.25, 0.3) is 5.91 Å². The van der Waals surface area contributed by atoms with Gasteiger partial charge in [0.15, 0.2) is 11.5 Å². The monoisotopic (exact) mass is 788 g/mol. The van der Waals surface area contributed by atoms with Crippen molar-refractivity contribution in [2.24, 2.45) is 22.7 Å². The lowest BCUT2D eigenvalue weighted by atomic mass is 9.84. The molecule has 1 aliphatic carbocycles. The lowest BCUT2D eigenvalue weighted by Gasteiger charge is -2.30. The van der Waals surface area contributed by atoms with Crippen LogP contribution in [-0.2, 0) is 0 Å². The van der Waals surface area contributed by atoms with Crippen molar-refractivity contribution < 1.29 is 19.1 Å². The normalized spacial score (nSPS) is 28.7. The minimum Gasteiger partial charge on any atom is -0.495 e. The Morgan fingerprint density at radius 2 is 1.77 bits per heavy atom. The highest BCUT2D eigenvalue weighted by atomic mass is 32.2. The molecule has 1 amide bonds. The van der Waals surface area contributed by atoms with Crippen LogP contribution in [0.15, 0.2) is 59.6 Å². The number of piperidine rings is 1. The minimum atomic E-state index is -0.289. The second-order valence-electron chi connectivity index (χ2n) is 15.8. The predicted octanol–water partition coefficient (Wildman–Crippen LogP) is 5.53. The van der Waals surface area contributed by atoms with E-state index in [9.17, 15) is 15.0 Å². The highest BCUT2D eigenvalue weighted by Crippen LogP contribution is 2.48. The maximum Gasteiger partial charge on any atom is 0.312 e. The molecular formula is C43H50N9O4S+. The molecule has 5 aliphatic rings. The Morgan fingerprint density at radius 3 is 2.47 bits per heavy atom. The number of carbonyl (C=O) groups excluding carboxylic acids is 1. The van der Waals surface area contributed by atoms with Crippen LogP contribution in [-0.4, -0.2) is 93.4 Å². The summed E-state index contributed by atoms with van der Waals surface area (Å²) in [4.78, 5) is 36.3. The van der Waals surface area contributed by atoms with E-state index in [1.165, 1.54) is 7.11 Å². The molecule has 5 heterocycles. The van der Waals surface area contributed by atoms with Crippen molar-refractivity contribution in [1.29, 1.82) is 5.26 Å². The number of nitrogens with one attached hydrogen (secondary N) is 2. The van der Waals surface area contributed by atoms with Crippen molar-refractivity contribution in [3.05, 3.63) is 81.9 Å². The summed E-state index contributed by atoms with van der Waals surface area (Å²) in [5, 5.41) is 21.7. The fraction of sp³-hybridized carbons (Fsp3) is 0.512. The number of nitriles is 1. The van der Waals surface area contributed by atoms with Gasteiger partial charge in [-0.25, -0.2) is 0 Å². The molecule has 13 nitrogen and oxygen atoms in total. The summed E-state index contributed by atoms with van der Waals surface area (Å²) in [6.45, 7) is 8.77. The van der Waals surface area contributed by atoms with E-state index in [1.54, 1.807) is 24.3 Å². The van der Waals surface area contributed by atoms with E-state index in [1.807, 2.05) is 17.8 Å². The SMILES string of the molecule is COc1cc(OC2CCC(NC(=O)c3ccc(N4CCC(C#Cc5ccc(C6=NCC7N(C(C)N[N+]7=O)C7SC(C)C(C)C67)cc5)CC4)nn3)CC2)ccc1C#N. The first-order valence-electron chi connectivity index (χ1n) is 20.1. The highest BCUT2D eigenvalue weighted by Gasteiger charge is 2.57. The Balaban J connectivity index is 0.804. The van der Waals surface area contributed by atoms with E-state index < -0.39 is 0 Å². The van der Waals surface area contributed by atoms with Crippen molar-refractivity contribution in [2.75, 3.05) is 31.6 Å². The summed E-state index contributed by atoms with van der Waals surface area (Å²) in [7, 11) is 1.54. The van der Waals surface area contributed by atoms with Gasteiger partial charge >= 0.3 is 6.17 Å². The van der Waals surface area contributed by atoms with Crippen LogP contribution in [0.2, 0.25) is 0 Å². The van der Waals surface area contributed by atoms with Crippen molar-refractivity contribution in [3.63, 3.8) is 0 Å². The lowest BCUT2D eigenvalue weighted by Crippen LogP contribution is -2.47. The topological polar surface area (TPSA) is 148 Å². The summed E-state index contributed by atoms with van der Waals surface area (Å²) in [6, 6.07) is 19.5. The second-order valence-corrected chi connectivity index (χ2v) is 17.3. The molecule has 0 bridgehead atoms. The first kappa shape index (κ1) is 38.7. The predicted molar refractivity (Wildman–Crippen MR) is 219 cm³/mol. The third kappa shape index (κ3) is 8.16. The van der Waals surface area contributed by atoms with E-state index in [0.29, 0.717) is 40.5 Å². The molecule has 57 heavy (non-hydrogen) atoms. The Hall–Kier alpha value is -5.18. The van der Waals surface area contributed by atoms with Crippen LogP contribution in [0.3, 0.4) is 0 Å². The number of carbonyl (C=O) groups is 1. The number of fused-ring (bicyclic) bond motifs is 3. The van der Waals surface area contributed by atoms with E-state index in [0.717, 1.165) is 79.1 Å². The molecule has 14 heteroatoms. The molecule has 4 aliphatic heterocycles. The quantitative estimate of drug-likeness (QED) is 0.230. The van der Waals surface area contributed by atoms with E-state index in [4.69, 9.17) is 14.5 Å². The fourth-order valence-electron chi connectivity index (χ4n) is 8.86. The molecule has 8 rings (SSSR count). The number of nitroso groups, excluding NO2 is 1. The molecule has 1 saturated carbocycles. The van der Waals surface area contributed by atoms with Gasteiger partial charge < -0.3 is 19.7 Å². The molecule has 3 saturated heterocycles. The third-order valence-corrected chi connectivity index (χ3v) is 14.0. The summed E-state index contributed by atoms with van der Waals surface area (Å²) < 4.78 is 11.5. The van der Waals surface area contributed by atoms with Crippen LogP contribution >= 0.6 is 11.8 Å². The average Bonchev–Trinajstić information content (AvgIpc) is 3.61. The van der Waals surface area contributed by atoms with Gasteiger partial charge in [0.1, 0.15) is 35.1 Å². The number of aliphatic imine (C=N–C) groups is 1. The summed E-state index contributed by atoms with van der Waals surface area (Å²) in [5.41, 5.74) is 7.04. The summed E-state index contributed by atoms with van der Waals surface area (Å²) >= 11 is 1.97. The van der Waals surface area contributed by atoms with Crippen molar-refractivity contribution in [1.82, 2.24) is 25.8 Å². The van der Waals surface area contributed by atoms with E-state index in [2.05, 4.69) is 93.7 Å². The number of ether oxygens (including phenoxy) is 2. The first-order chi connectivity index (χ1) is 27.7. The standard InChI is InChI=1S/C43H49N9O4S/c1-26-27(2)57-43-40(26)41(45-25-39-51(43)28(3)49-52(39)54)31-9-7-29(8-10-31)5-6-30-19-21-50(22-20-30)38-18-17-36(47-48-38)42(53)46-33-12-15-34(16-13-33)56-35-14-11-32(24-44)37(23-35)55-4/h7-11,14,17-18,23,26-28,30,33-34,39-40,43H,12-13,15-16,19-22,25H2,1-4H3,(H-,46,49,53,54)/p+1. The van der Waals surface area contributed by atoms with Crippen molar-refractivity contribution in [2.45, 2.75) is 94.4 Å². The number of thioether (sulfide) groups is 1. The maximum absolute atomic E-state index is 13.0. The Bertz CT molecular complexity index is 2100. The Kier molecular flexibility index (Phi) is 11.4. The minimum absolute atomic E-state index is 0.0188. The van der Waals surface area contributed by atoms with Crippen LogP contribution < -0.4 is 25.1 Å². The van der Waals surface area contributed by atoms with Crippen LogP contribution in [0.4, 0.5) is 5.82 Å². The average molecular weight is 789 g/mol. The molecule has 6 atom stereocenters. The number of rotatable bonds is 7. The maximum atomic E-state index is 13.0. The first-order valence-corrected chi connectivity index (χ1v) is 21.1. The number of aromatic nitrogens is 2. The number of benzene rings is 2. The highest BCUT2D eigenvalue weighted by molar-refractivity contribution is 8.00. The molecule has 2 aromatic carbocycles. The van der Waals surface area contributed by atoms with Gasteiger partial charge in [0.05, 0.1) is 29.1 Å². The Labute approximate surface area is 338 Å². The summed E-state index contributed by atoms with van der Waals surface area (Å²) in [5.74, 6) is 9.64. The van der Waals surface area contributed by atoms with Crippen LogP contribution in [0, 0.1) is 45.8 Å². The molecule has 0 spiro atoms. The third-order valence-electron chi connectivity index (χ3n) is 12.3. The van der Waals surface area contributed by atoms with Gasteiger partial charge in [-0.05, 0) is 93.3 Å². The van der Waals surface area contributed by atoms with Gasteiger partial charge in [-0.15, -0.1) is 27.4 Å². The van der Waals surface area contributed by atoms with Gasteiger partial charge in [0, 0.05) is 53.6 Å². The zero-order valence-electron chi connectivity index (χ0n) is 32.9. The fourth-order valence-corrected chi connectivity index (χ4v) is 10.7. The number of hydrogen-bond donors (Lipinski definition) is 2. The lowest BCUT2D eigenvalue weighted by molar-refractivity contribution is -0.626. The summed E-state index contributed by atoms with van der Waals surface area (Å²) in [6.07, 6.45) is 4.79. The zero-order chi connectivity index (χ0) is 39.6. The molecule has 4 fully saturated rings. The van der Waals surface area contributed by atoms with E-state index >= 15 is 0 Å². The molecule has 296 valence electrons. The van der Waals surface area contributed by atoms with Crippen LogP contribution in [0.5, 0.6) is 11.5 Å². The van der Waals surface area contributed by atoms with Crippen LogP contribution in [0.1, 0.15) is 86.5 Å².